The van der Waals surface area contributed by atoms with E-state index in [2.05, 4.69) is 139 Å². The summed E-state index contributed by atoms with van der Waals surface area (Å²) in [6, 6.07) is 43.5. The van der Waals surface area contributed by atoms with Crippen molar-refractivity contribution in [3.05, 3.63) is 134 Å². The second-order valence-corrected chi connectivity index (χ2v) is 11.3. The van der Waals surface area contributed by atoms with Crippen molar-refractivity contribution >= 4 is 34.3 Å². The van der Waals surface area contributed by atoms with Gasteiger partial charge in [-0.05, 0) is 12.8 Å². The molecule has 1 heterocycles. The molecule has 0 radical (unpaired) electrons. The molecule has 212 valence electrons. The predicted octanol–water partition coefficient (Wildman–Crippen LogP) is 5.98. The van der Waals surface area contributed by atoms with Gasteiger partial charge in [-0.1, -0.05) is 173 Å². The second kappa shape index (κ2) is 17.2. The van der Waals surface area contributed by atoms with Crippen LogP contribution in [0.2, 0.25) is 0 Å². The van der Waals surface area contributed by atoms with E-state index < -0.39 is 6.15 Å². The van der Waals surface area contributed by atoms with Crippen molar-refractivity contribution in [2.24, 2.45) is 4.99 Å². The molecule has 1 unspecified atom stereocenters. The lowest BCUT2D eigenvalue weighted by molar-refractivity contribution is -0.736. The molecular weight excluding hydrogens is 495 g/mol. The summed E-state index contributed by atoms with van der Waals surface area (Å²) in [7, 11) is 0. The standard InChI is InChI=1S/C24H20B.C14H26N2/c1-5-13-21(14-6-1)25(22-15-7-2-8-16-22,23-17-9-3-10-18-23)24-19-11-4-12-20-24;1-2-3-4-5-6-7-8-9-10-12-16-13-11-15-14-16/h1-20H;11,13-14H,2-10,12H2,1H3/q-1;/p+1. The van der Waals surface area contributed by atoms with E-state index in [0.717, 1.165) is 0 Å². The zero-order valence-electron chi connectivity index (χ0n) is 24.9. The van der Waals surface area contributed by atoms with Gasteiger partial charge in [0.2, 0.25) is 0 Å². The molecule has 4 aromatic rings. The van der Waals surface area contributed by atoms with Crippen molar-refractivity contribution in [1.29, 1.82) is 0 Å². The van der Waals surface area contributed by atoms with E-state index in [1.54, 1.807) is 0 Å². The molecule has 1 aliphatic rings. The van der Waals surface area contributed by atoms with Gasteiger partial charge in [0.05, 0.1) is 12.7 Å². The van der Waals surface area contributed by atoms with Gasteiger partial charge in [0.25, 0.3) is 0 Å². The van der Waals surface area contributed by atoms with Gasteiger partial charge < -0.3 is 0 Å². The highest BCUT2D eigenvalue weighted by molar-refractivity contribution is 7.19. The van der Waals surface area contributed by atoms with Crippen LogP contribution in [-0.2, 0) is 0 Å². The van der Waals surface area contributed by atoms with E-state index in [0.29, 0.717) is 0 Å². The van der Waals surface area contributed by atoms with Gasteiger partial charge >= 0.3 is 0 Å². The molecule has 3 heteroatoms. The first-order chi connectivity index (χ1) is 20.4. The van der Waals surface area contributed by atoms with Crippen LogP contribution in [0.1, 0.15) is 64.7 Å². The predicted molar refractivity (Wildman–Crippen MR) is 181 cm³/mol. The highest BCUT2D eigenvalue weighted by Gasteiger charge is 2.31. The average Bonchev–Trinajstić information content (AvgIpc) is 3.57. The Morgan fingerprint density at radius 2 is 0.854 bits per heavy atom. The molecule has 2 nitrogen and oxygen atoms in total. The Labute approximate surface area is 248 Å². The Bertz CT molecular complexity index is 1110. The van der Waals surface area contributed by atoms with Crippen LogP contribution in [0.25, 0.3) is 0 Å². The Morgan fingerprint density at radius 1 is 0.488 bits per heavy atom. The van der Waals surface area contributed by atoms with Crippen LogP contribution in [0, 0.1) is 0 Å². The highest BCUT2D eigenvalue weighted by Crippen LogP contribution is 2.10. The number of hydrogen-bond acceptors (Lipinski definition) is 1. The van der Waals surface area contributed by atoms with Gasteiger partial charge in [0.15, 0.2) is 6.34 Å². The molecule has 0 aliphatic carbocycles. The van der Waals surface area contributed by atoms with E-state index in [9.17, 15) is 0 Å². The molecule has 0 amide bonds. The Morgan fingerprint density at radius 3 is 1.20 bits per heavy atom. The molecule has 0 saturated carbocycles. The van der Waals surface area contributed by atoms with Crippen LogP contribution in [-0.4, -0.2) is 19.0 Å². The number of nitrogens with zero attached hydrogens (tertiary/aromatic N) is 1. The van der Waals surface area contributed by atoms with Crippen LogP contribution in [0.5, 0.6) is 0 Å². The third-order valence-electron chi connectivity index (χ3n) is 8.38. The van der Waals surface area contributed by atoms with E-state index in [-0.39, 0.29) is 0 Å². The fourth-order valence-corrected chi connectivity index (χ4v) is 6.23. The first-order valence-corrected chi connectivity index (χ1v) is 15.8. The van der Waals surface area contributed by atoms with Gasteiger partial charge in [-0.15, -0.1) is 0 Å². The fourth-order valence-electron chi connectivity index (χ4n) is 6.23. The van der Waals surface area contributed by atoms with Gasteiger partial charge in [-0.25, -0.2) is 4.99 Å². The summed E-state index contributed by atoms with van der Waals surface area (Å²) in [5, 5.41) is 0. The third-order valence-corrected chi connectivity index (χ3v) is 8.38. The van der Waals surface area contributed by atoms with Crippen LogP contribution < -0.4 is 26.8 Å². The minimum absolute atomic E-state index is 1.22. The van der Waals surface area contributed by atoms with Crippen molar-refractivity contribution in [3.63, 3.8) is 0 Å². The van der Waals surface area contributed by atoms with Crippen molar-refractivity contribution in [1.82, 2.24) is 0 Å². The second-order valence-electron chi connectivity index (χ2n) is 11.3. The van der Waals surface area contributed by atoms with Crippen molar-refractivity contribution in [2.45, 2.75) is 64.7 Å². The van der Waals surface area contributed by atoms with E-state index in [4.69, 9.17) is 0 Å². The zero-order valence-corrected chi connectivity index (χ0v) is 24.9. The van der Waals surface area contributed by atoms with Crippen LogP contribution in [0.4, 0.5) is 0 Å². The lowest BCUT2D eigenvalue weighted by atomic mass is 9.13. The molecule has 5 rings (SSSR count). The molecule has 0 fully saturated rings. The van der Waals surface area contributed by atoms with Gasteiger partial charge in [-0.2, -0.15) is 21.9 Å². The highest BCUT2D eigenvalue weighted by atomic mass is 15.2. The van der Waals surface area contributed by atoms with Crippen LogP contribution in [0.3, 0.4) is 0 Å². The zero-order chi connectivity index (χ0) is 28.4. The number of aliphatic imine (C=N–C) groups is 1. The fraction of sp³-hybridized carbons (Fsp3) is 0.289. The normalized spacial score (nSPS) is 14.0. The van der Waals surface area contributed by atoms with E-state index in [1.165, 1.54) is 91.1 Å². The Kier molecular flexibility index (Phi) is 12.7. The number of nitrogens with one attached hydrogen (secondary N) is 1. The van der Waals surface area contributed by atoms with E-state index in [1.807, 2.05) is 12.5 Å². The summed E-state index contributed by atoms with van der Waals surface area (Å²) in [4.78, 5) is 5.48. The van der Waals surface area contributed by atoms with Gasteiger partial charge in [0, 0.05) is 0 Å². The lowest BCUT2D eigenvalue weighted by Crippen LogP contribution is -3.05. The molecule has 4 aromatic carbocycles. The van der Waals surface area contributed by atoms with Crippen molar-refractivity contribution in [2.75, 3.05) is 6.54 Å². The molecule has 0 saturated heterocycles. The van der Waals surface area contributed by atoms with Crippen LogP contribution >= 0.6 is 0 Å². The SMILES string of the molecule is CCCCCCCCCCC[NH+]1C=CN=C1.c1ccc([B-](c2ccccc2)(c2ccccc2)c2ccccc2)cc1. The number of benzene rings is 4. The molecule has 41 heavy (non-hydrogen) atoms. The van der Waals surface area contributed by atoms with Crippen molar-refractivity contribution < 1.29 is 4.90 Å². The van der Waals surface area contributed by atoms with E-state index >= 15 is 0 Å². The number of hydrogen-bond donors (Lipinski definition) is 1. The average molecular weight is 543 g/mol. The van der Waals surface area contributed by atoms with Gasteiger partial charge in [0.1, 0.15) is 12.3 Å². The summed E-state index contributed by atoms with van der Waals surface area (Å²) >= 11 is 0. The third kappa shape index (κ3) is 8.65. The summed E-state index contributed by atoms with van der Waals surface area (Å²) in [5.41, 5.74) is 5.36. The topological polar surface area (TPSA) is 16.8 Å². The smallest absolute Gasteiger partial charge is 0.193 e. The van der Waals surface area contributed by atoms with Gasteiger partial charge in [-0.3, -0.25) is 4.90 Å². The molecular formula is C38H47BN2. The molecule has 0 spiro atoms. The maximum atomic E-state index is 4.08. The van der Waals surface area contributed by atoms with Crippen LogP contribution in [0.15, 0.2) is 139 Å². The summed E-state index contributed by atoms with van der Waals surface area (Å²) < 4.78 is 0. The van der Waals surface area contributed by atoms with Crippen molar-refractivity contribution in [3.8, 4) is 0 Å². The number of quaternary nitrogens is 1. The number of rotatable bonds is 14. The summed E-state index contributed by atoms with van der Waals surface area (Å²) in [6.07, 6.45) is 17.5. The minimum Gasteiger partial charge on any atom is -0.265 e. The summed E-state index contributed by atoms with van der Waals surface area (Å²) in [5.74, 6) is 0. The Hall–Kier alpha value is -3.69. The Balaban J connectivity index is 0.000000210. The maximum absolute atomic E-state index is 4.08. The number of unbranched alkanes of at least 4 members (excludes halogenated alkanes) is 8. The maximum Gasteiger partial charge on any atom is 0.193 e. The largest absolute Gasteiger partial charge is 0.265 e. The minimum atomic E-state index is -1.22. The summed E-state index contributed by atoms with van der Waals surface area (Å²) in [6.45, 7) is 3.49. The molecule has 1 N–H and O–H groups in total. The quantitative estimate of drug-likeness (QED) is 0.149. The first-order valence-electron chi connectivity index (χ1n) is 15.8. The monoisotopic (exact) mass is 542 g/mol. The molecule has 0 bridgehead atoms. The molecule has 1 atom stereocenters. The lowest BCUT2D eigenvalue weighted by Gasteiger charge is -2.44. The molecule has 1 aliphatic heterocycles. The molecule has 0 aromatic heterocycles. The first kappa shape index (κ1) is 30.3.